The van der Waals surface area contributed by atoms with E-state index in [9.17, 15) is 40.5 Å². The van der Waals surface area contributed by atoms with E-state index in [0.29, 0.717) is 13.0 Å². The molecule has 11 atom stereocenters. The first-order chi connectivity index (χ1) is 27.1. The lowest BCUT2D eigenvalue weighted by molar-refractivity contribution is -0.332. The predicted octanol–water partition coefficient (Wildman–Crippen LogP) is 3.90. The van der Waals surface area contributed by atoms with Gasteiger partial charge < -0.3 is 64.2 Å². The highest BCUT2D eigenvalue weighted by atomic mass is 16.7. The maximum Gasteiger partial charge on any atom is 0.306 e. The zero-order valence-electron chi connectivity index (χ0n) is 33.9. The van der Waals surface area contributed by atoms with E-state index in [-0.39, 0.29) is 19.6 Å². The van der Waals surface area contributed by atoms with E-state index in [1.54, 1.807) is 0 Å². The first-order valence-electron chi connectivity index (χ1n) is 21.1. The van der Waals surface area contributed by atoms with E-state index in [1.165, 1.54) is 51.4 Å². The second-order valence-corrected chi connectivity index (χ2v) is 14.8. The van der Waals surface area contributed by atoms with Gasteiger partial charge in [-0.15, -0.1) is 0 Å². The molecule has 14 heteroatoms. The Balaban J connectivity index is 1.67. The van der Waals surface area contributed by atoms with Crippen molar-refractivity contribution >= 4 is 5.97 Å². The molecule has 0 saturated carbocycles. The maximum atomic E-state index is 12.5. The summed E-state index contributed by atoms with van der Waals surface area (Å²) in [6.45, 7) is 3.34. The van der Waals surface area contributed by atoms with E-state index in [4.69, 9.17) is 28.4 Å². The van der Waals surface area contributed by atoms with Gasteiger partial charge in [0.25, 0.3) is 0 Å². The van der Waals surface area contributed by atoms with Crippen LogP contribution in [0.1, 0.15) is 123 Å². The molecule has 2 aliphatic rings. The van der Waals surface area contributed by atoms with Crippen LogP contribution in [0.4, 0.5) is 0 Å². The lowest BCUT2D eigenvalue weighted by Crippen LogP contribution is -2.61. The van der Waals surface area contributed by atoms with Gasteiger partial charge in [0.2, 0.25) is 0 Å². The predicted molar refractivity (Wildman–Crippen MR) is 210 cm³/mol. The van der Waals surface area contributed by atoms with Crippen molar-refractivity contribution in [2.45, 2.75) is 191 Å². The number of unbranched alkanes of at least 4 members (excludes halogenated alkanes) is 11. The molecule has 2 aliphatic heterocycles. The number of aliphatic hydroxyl groups excluding tert-OH is 7. The van der Waals surface area contributed by atoms with Crippen LogP contribution in [-0.4, -0.2) is 142 Å². The van der Waals surface area contributed by atoms with Crippen LogP contribution in [0, 0.1) is 0 Å². The molecule has 14 nitrogen and oxygen atoms in total. The minimum atomic E-state index is -1.70. The number of allylic oxidation sites excluding steroid dienone is 6. The monoisotopic (exact) mass is 803 g/mol. The smallest absolute Gasteiger partial charge is 0.306 e. The second-order valence-electron chi connectivity index (χ2n) is 14.8. The molecule has 0 radical (unpaired) electrons. The molecule has 0 aromatic carbocycles. The summed E-state index contributed by atoms with van der Waals surface area (Å²) in [5.74, 6) is -0.417. The summed E-state index contributed by atoms with van der Waals surface area (Å²) in [4.78, 5) is 12.5. The van der Waals surface area contributed by atoms with E-state index >= 15 is 0 Å². The average molecular weight is 803 g/mol. The van der Waals surface area contributed by atoms with Gasteiger partial charge in [-0.1, -0.05) is 102 Å². The van der Waals surface area contributed by atoms with Crippen molar-refractivity contribution in [2.75, 3.05) is 33.0 Å². The highest BCUT2D eigenvalue weighted by molar-refractivity contribution is 5.69. The summed E-state index contributed by atoms with van der Waals surface area (Å²) in [7, 11) is 0. The summed E-state index contributed by atoms with van der Waals surface area (Å²) in [6.07, 6.45) is 15.0. The Morgan fingerprint density at radius 2 is 1.11 bits per heavy atom. The maximum absolute atomic E-state index is 12.5. The van der Waals surface area contributed by atoms with Gasteiger partial charge in [-0.25, -0.2) is 0 Å². The fraction of sp³-hybridized carbons (Fsp3) is 0.833. The molecular formula is C42H74O14. The summed E-state index contributed by atoms with van der Waals surface area (Å²) in [6, 6.07) is 0. The fourth-order valence-electron chi connectivity index (χ4n) is 6.33. The van der Waals surface area contributed by atoms with E-state index in [2.05, 4.69) is 43.4 Å². The molecule has 2 rings (SSSR count). The third-order valence-electron chi connectivity index (χ3n) is 9.90. The Bertz CT molecular complexity index is 1070. The molecule has 0 bridgehead atoms. The van der Waals surface area contributed by atoms with Crippen LogP contribution in [0.15, 0.2) is 36.5 Å². The van der Waals surface area contributed by atoms with Crippen molar-refractivity contribution < 1.29 is 69.0 Å². The lowest BCUT2D eigenvalue weighted by atomic mass is 9.98. The van der Waals surface area contributed by atoms with Crippen molar-refractivity contribution in [3.05, 3.63) is 36.5 Å². The number of ether oxygens (including phenoxy) is 6. The minimum Gasteiger partial charge on any atom is -0.457 e. The van der Waals surface area contributed by atoms with Gasteiger partial charge in [-0.05, 0) is 51.4 Å². The number of carbonyl (C=O) groups excluding carboxylic acids is 1. The first kappa shape index (κ1) is 50.4. The normalized spacial score (nSPS) is 29.2. The Kier molecular flexibility index (Phi) is 28.0. The molecule has 326 valence electrons. The zero-order valence-corrected chi connectivity index (χ0v) is 33.9. The van der Waals surface area contributed by atoms with Crippen LogP contribution in [0.3, 0.4) is 0 Å². The van der Waals surface area contributed by atoms with Gasteiger partial charge >= 0.3 is 5.97 Å². The molecular weight excluding hydrogens is 728 g/mol. The van der Waals surface area contributed by atoms with Gasteiger partial charge in [-0.2, -0.15) is 0 Å². The molecule has 0 aromatic heterocycles. The average Bonchev–Trinajstić information content (AvgIpc) is 3.19. The fourth-order valence-corrected chi connectivity index (χ4v) is 6.33. The Morgan fingerprint density at radius 1 is 0.589 bits per heavy atom. The van der Waals surface area contributed by atoms with Gasteiger partial charge in [0.1, 0.15) is 54.9 Å². The molecule has 2 saturated heterocycles. The summed E-state index contributed by atoms with van der Waals surface area (Å²) >= 11 is 0. The second kappa shape index (κ2) is 31.2. The van der Waals surface area contributed by atoms with Crippen molar-refractivity contribution in [3.63, 3.8) is 0 Å². The molecule has 0 aromatic rings. The topological polar surface area (TPSA) is 214 Å². The molecule has 7 N–H and O–H groups in total. The van der Waals surface area contributed by atoms with Crippen LogP contribution < -0.4 is 0 Å². The van der Waals surface area contributed by atoms with E-state index in [1.807, 2.05) is 6.92 Å². The van der Waals surface area contributed by atoms with Crippen LogP contribution in [0.5, 0.6) is 0 Å². The number of aliphatic hydroxyl groups is 7. The van der Waals surface area contributed by atoms with E-state index < -0.39 is 86.7 Å². The Hall–Kier alpha value is -1.79. The SMILES string of the molecule is CCCCC/C=C\C/C=C\C/C=C\CCCCCCCCCOCC(COC1OC(COC2OC(CO)C(O)C(O)C2O)C(O)C(O)C1O)OC(=O)CCCC. The summed E-state index contributed by atoms with van der Waals surface area (Å²) < 4.78 is 33.6. The number of esters is 1. The molecule has 56 heavy (non-hydrogen) atoms. The summed E-state index contributed by atoms with van der Waals surface area (Å²) in [5.41, 5.74) is 0. The third-order valence-corrected chi connectivity index (χ3v) is 9.90. The van der Waals surface area contributed by atoms with Gasteiger partial charge in [-0.3, -0.25) is 4.79 Å². The standard InChI is InChI=1S/C42H74O14/c1-3-5-7-8-9-10-11-12-13-14-15-16-17-18-19-20-21-22-23-24-26-51-28-31(54-34(44)25-6-4-2)29-52-41-40(50)38(48)36(46)33(56-41)30-53-42-39(49)37(47)35(45)32(27-43)55-42/h9-10,12-13,15-16,31-33,35-43,45-50H,3-8,11,14,17-30H2,1-2H3/b10-9-,13-12-,16-15-. The number of carbonyl (C=O) groups is 1. The number of hydrogen-bond acceptors (Lipinski definition) is 14. The van der Waals surface area contributed by atoms with Gasteiger partial charge in [0.15, 0.2) is 12.6 Å². The van der Waals surface area contributed by atoms with Gasteiger partial charge in [0.05, 0.1) is 26.4 Å². The summed E-state index contributed by atoms with van der Waals surface area (Å²) in [5, 5.41) is 71.3. The van der Waals surface area contributed by atoms with Gasteiger partial charge in [0, 0.05) is 13.0 Å². The molecule has 0 spiro atoms. The number of hydrogen-bond donors (Lipinski definition) is 7. The highest BCUT2D eigenvalue weighted by Crippen LogP contribution is 2.26. The zero-order chi connectivity index (χ0) is 41.0. The Morgan fingerprint density at radius 3 is 1.71 bits per heavy atom. The third kappa shape index (κ3) is 20.3. The van der Waals surface area contributed by atoms with Crippen molar-refractivity contribution in [1.29, 1.82) is 0 Å². The molecule has 0 aliphatic carbocycles. The molecule has 2 heterocycles. The van der Waals surface area contributed by atoms with Crippen molar-refractivity contribution in [3.8, 4) is 0 Å². The first-order valence-corrected chi connectivity index (χ1v) is 21.1. The Labute approximate surface area is 334 Å². The quantitative estimate of drug-likeness (QED) is 0.0301. The van der Waals surface area contributed by atoms with Crippen LogP contribution in [-0.2, 0) is 33.2 Å². The van der Waals surface area contributed by atoms with Crippen LogP contribution in [0.25, 0.3) is 0 Å². The largest absolute Gasteiger partial charge is 0.457 e. The highest BCUT2D eigenvalue weighted by Gasteiger charge is 2.47. The number of rotatable bonds is 31. The molecule has 2 fully saturated rings. The molecule has 11 unspecified atom stereocenters. The van der Waals surface area contributed by atoms with Crippen LogP contribution in [0.2, 0.25) is 0 Å². The molecule has 0 amide bonds. The van der Waals surface area contributed by atoms with Crippen LogP contribution >= 0.6 is 0 Å². The minimum absolute atomic E-state index is 0.0506. The van der Waals surface area contributed by atoms with Crippen molar-refractivity contribution in [2.24, 2.45) is 0 Å². The van der Waals surface area contributed by atoms with Crippen molar-refractivity contribution in [1.82, 2.24) is 0 Å². The lowest BCUT2D eigenvalue weighted by Gasteiger charge is -2.42. The van der Waals surface area contributed by atoms with E-state index in [0.717, 1.165) is 44.9 Å².